The van der Waals surface area contributed by atoms with Crippen molar-refractivity contribution in [2.24, 2.45) is 17.8 Å². The third-order valence-electron chi connectivity index (χ3n) is 10.6. The van der Waals surface area contributed by atoms with Gasteiger partial charge in [-0.3, -0.25) is 19.1 Å². The molecule has 0 bridgehead atoms. The third kappa shape index (κ3) is 6.80. The minimum atomic E-state index is -1.01. The standard InChI is InChI=1S/C37H47N7O5S/c1-21(2)29-15-17-44(41-29)36-38-31-22(3)30(48-5)14-13-26(31)33(39-36)49-24-18-27-28(19-24)34(46)43(4)16-9-7-6-8-10-23-20-37(23,40-32(27)45)35(47)42-50-25-11-12-25/h8,10,13-15,17,21,23-25,27-28H,6-7,9,11-12,16,18-20H2,1-5H3,(H,40,45)(H,42,47)/b10-8-/t23-,24-,27-,28-,37-/m1/s1. The first-order chi connectivity index (χ1) is 24.1. The monoisotopic (exact) mass is 701 g/mol. The van der Waals surface area contributed by atoms with Crippen molar-refractivity contribution in [3.8, 4) is 17.6 Å². The number of amides is 3. The van der Waals surface area contributed by atoms with Gasteiger partial charge in [0.15, 0.2) is 0 Å². The summed E-state index contributed by atoms with van der Waals surface area (Å²) in [7, 11) is 3.43. The lowest BCUT2D eigenvalue weighted by Gasteiger charge is -2.26. The van der Waals surface area contributed by atoms with E-state index < -0.39 is 23.5 Å². The minimum absolute atomic E-state index is 0.0782. The van der Waals surface area contributed by atoms with Crippen LogP contribution in [0.1, 0.15) is 82.4 Å². The van der Waals surface area contributed by atoms with Crippen molar-refractivity contribution in [1.82, 2.24) is 34.7 Å². The number of rotatable bonds is 8. The normalized spacial score (nSPS) is 27.7. The smallest absolute Gasteiger partial charge is 0.256 e. The van der Waals surface area contributed by atoms with Gasteiger partial charge in [0.1, 0.15) is 17.4 Å². The number of aryl methyl sites for hydroxylation is 1. The number of ether oxygens (including phenoxy) is 2. The number of benzene rings is 1. The SMILES string of the molecule is COc1ccc2c(O[C@@H]3C[C@H]4C(=O)N[C@]5(C(=O)NSC6CC6)C[C@H]5/C=C\CCCCN(C)C(=O)[C@@H]4C3)nc(-n3ccc(C(C)C)n3)nc2c1C. The number of hydrogen-bond donors (Lipinski definition) is 2. The van der Waals surface area contributed by atoms with Crippen LogP contribution in [0.3, 0.4) is 0 Å². The Bertz CT molecular complexity index is 1820. The second-order valence-corrected chi connectivity index (χ2v) is 15.7. The molecule has 2 aromatic heterocycles. The molecule has 3 aromatic rings. The van der Waals surface area contributed by atoms with Crippen LogP contribution in [0, 0.1) is 24.7 Å². The van der Waals surface area contributed by atoms with Gasteiger partial charge in [0.05, 0.1) is 35.5 Å². The fraction of sp³-hybridized carbons (Fsp3) is 0.568. The molecule has 12 nitrogen and oxygen atoms in total. The third-order valence-corrected chi connectivity index (χ3v) is 11.7. The topological polar surface area (TPSA) is 141 Å². The minimum Gasteiger partial charge on any atom is -0.496 e. The van der Waals surface area contributed by atoms with Crippen LogP contribution in [0.2, 0.25) is 0 Å². The summed E-state index contributed by atoms with van der Waals surface area (Å²) in [5.74, 6) is -0.253. The molecular formula is C37H47N7O5S. The second-order valence-electron chi connectivity index (χ2n) is 14.6. The van der Waals surface area contributed by atoms with Crippen LogP contribution >= 0.6 is 11.9 Å². The number of methoxy groups -OCH3 is 1. The first-order valence-corrected chi connectivity index (χ1v) is 18.7. The van der Waals surface area contributed by atoms with Gasteiger partial charge in [-0.05, 0) is 94.4 Å². The van der Waals surface area contributed by atoms with E-state index in [2.05, 4.69) is 36.0 Å². The molecule has 50 heavy (non-hydrogen) atoms. The molecule has 1 aliphatic heterocycles. The first-order valence-electron chi connectivity index (χ1n) is 17.9. The highest BCUT2D eigenvalue weighted by Crippen LogP contribution is 2.47. The fourth-order valence-corrected chi connectivity index (χ4v) is 8.05. The lowest BCUT2D eigenvalue weighted by atomic mass is 9.93. The number of nitrogens with one attached hydrogen (secondary N) is 2. The summed E-state index contributed by atoms with van der Waals surface area (Å²) in [5, 5.41) is 9.00. The van der Waals surface area contributed by atoms with E-state index in [0.29, 0.717) is 59.5 Å². The molecule has 0 radical (unpaired) electrons. The Hall–Kier alpha value is -4.13. The summed E-state index contributed by atoms with van der Waals surface area (Å²) in [6.45, 7) is 6.71. The molecular weight excluding hydrogens is 655 g/mol. The number of aromatic nitrogens is 4. The predicted molar refractivity (Wildman–Crippen MR) is 191 cm³/mol. The quantitative estimate of drug-likeness (QED) is 0.245. The van der Waals surface area contributed by atoms with Crippen molar-refractivity contribution >= 4 is 40.6 Å². The van der Waals surface area contributed by atoms with Gasteiger partial charge in [0.25, 0.3) is 11.9 Å². The largest absolute Gasteiger partial charge is 0.496 e. The van der Waals surface area contributed by atoms with E-state index in [-0.39, 0.29) is 29.6 Å². The molecule has 13 heteroatoms. The van der Waals surface area contributed by atoms with Crippen LogP contribution in [0.25, 0.3) is 16.9 Å². The van der Waals surface area contributed by atoms with Gasteiger partial charge in [-0.2, -0.15) is 10.1 Å². The van der Waals surface area contributed by atoms with Crippen molar-refractivity contribution in [1.29, 1.82) is 0 Å². The van der Waals surface area contributed by atoms with E-state index in [0.717, 1.165) is 43.4 Å². The van der Waals surface area contributed by atoms with Crippen molar-refractivity contribution in [2.45, 2.75) is 94.9 Å². The van der Waals surface area contributed by atoms with E-state index in [4.69, 9.17) is 24.5 Å². The summed E-state index contributed by atoms with van der Waals surface area (Å²) in [6, 6.07) is 5.69. The van der Waals surface area contributed by atoms with Crippen LogP contribution in [0.4, 0.5) is 0 Å². The van der Waals surface area contributed by atoms with Gasteiger partial charge < -0.3 is 19.7 Å². The molecule has 3 amide bonds. The average Bonchev–Trinajstić information content (AvgIpc) is 3.94. The maximum absolute atomic E-state index is 14.2. The van der Waals surface area contributed by atoms with E-state index >= 15 is 0 Å². The summed E-state index contributed by atoms with van der Waals surface area (Å²) in [5.41, 5.74) is 1.41. The van der Waals surface area contributed by atoms with E-state index in [1.165, 1.54) is 11.9 Å². The highest BCUT2D eigenvalue weighted by atomic mass is 32.2. The van der Waals surface area contributed by atoms with Gasteiger partial charge in [-0.25, -0.2) is 9.67 Å². The number of hydrogen-bond acceptors (Lipinski definition) is 9. The summed E-state index contributed by atoms with van der Waals surface area (Å²) >= 11 is 1.45. The van der Waals surface area contributed by atoms with Crippen molar-refractivity contribution in [3.63, 3.8) is 0 Å². The molecule has 0 spiro atoms. The van der Waals surface area contributed by atoms with Crippen molar-refractivity contribution < 1.29 is 23.9 Å². The zero-order valence-electron chi connectivity index (χ0n) is 29.5. The Morgan fingerprint density at radius 1 is 1.12 bits per heavy atom. The lowest BCUT2D eigenvalue weighted by Crippen LogP contribution is -2.52. The Labute approximate surface area is 297 Å². The molecule has 0 unspecified atom stereocenters. The van der Waals surface area contributed by atoms with E-state index in [1.54, 1.807) is 16.7 Å². The Kier molecular flexibility index (Phi) is 9.53. The highest BCUT2D eigenvalue weighted by Gasteiger charge is 2.61. The maximum atomic E-state index is 14.2. The summed E-state index contributed by atoms with van der Waals surface area (Å²) < 4.78 is 17.0. The van der Waals surface area contributed by atoms with E-state index in [9.17, 15) is 14.4 Å². The Balaban J connectivity index is 1.20. The summed E-state index contributed by atoms with van der Waals surface area (Å²) in [6.07, 6.45) is 11.6. The van der Waals surface area contributed by atoms with Gasteiger partial charge in [0, 0.05) is 36.5 Å². The molecule has 0 saturated heterocycles. The fourth-order valence-electron chi connectivity index (χ4n) is 7.23. The van der Waals surface area contributed by atoms with Crippen LogP contribution in [0.5, 0.6) is 11.6 Å². The number of fused-ring (bicyclic) bond motifs is 3. The number of carbonyl (C=O) groups is 3. The number of allylic oxidation sites excluding steroid dienone is 1. The lowest BCUT2D eigenvalue weighted by molar-refractivity contribution is -0.140. The summed E-state index contributed by atoms with van der Waals surface area (Å²) in [4.78, 5) is 53.3. The van der Waals surface area contributed by atoms with Crippen LogP contribution in [-0.2, 0) is 14.4 Å². The van der Waals surface area contributed by atoms with Gasteiger partial charge in [-0.15, -0.1) is 0 Å². The Morgan fingerprint density at radius 2 is 1.92 bits per heavy atom. The average molecular weight is 702 g/mol. The second kappa shape index (κ2) is 13.9. The molecule has 7 rings (SSSR count). The van der Waals surface area contributed by atoms with Gasteiger partial charge in [-0.1, -0.05) is 26.0 Å². The van der Waals surface area contributed by atoms with Gasteiger partial charge >= 0.3 is 0 Å². The van der Waals surface area contributed by atoms with Crippen LogP contribution < -0.4 is 19.5 Å². The predicted octanol–water partition coefficient (Wildman–Crippen LogP) is 5.03. The molecule has 3 heterocycles. The number of carbonyl (C=O) groups excluding carboxylic acids is 3. The Morgan fingerprint density at radius 3 is 2.66 bits per heavy atom. The molecule has 3 saturated carbocycles. The zero-order valence-corrected chi connectivity index (χ0v) is 30.3. The highest BCUT2D eigenvalue weighted by molar-refractivity contribution is 7.98. The maximum Gasteiger partial charge on any atom is 0.256 e. The molecule has 4 aliphatic rings. The van der Waals surface area contributed by atoms with Crippen molar-refractivity contribution in [3.05, 3.63) is 47.8 Å². The molecule has 1 aromatic carbocycles. The molecule has 266 valence electrons. The van der Waals surface area contributed by atoms with Crippen LogP contribution in [0.15, 0.2) is 36.5 Å². The number of nitrogens with zero attached hydrogens (tertiary/aromatic N) is 5. The zero-order chi connectivity index (χ0) is 35.2. The van der Waals surface area contributed by atoms with E-state index in [1.807, 2.05) is 38.4 Å². The molecule has 2 N–H and O–H groups in total. The van der Waals surface area contributed by atoms with Crippen molar-refractivity contribution in [2.75, 3.05) is 20.7 Å². The molecule has 3 aliphatic carbocycles. The molecule has 3 fully saturated rings. The molecule has 5 atom stereocenters. The van der Waals surface area contributed by atoms with Gasteiger partial charge in [0.2, 0.25) is 17.7 Å². The first kappa shape index (κ1) is 34.3. The van der Waals surface area contributed by atoms with Crippen LogP contribution in [-0.4, -0.2) is 80.0 Å².